The number of hydrogen-bond donors (Lipinski definition) is 1. The Morgan fingerprint density at radius 3 is 2.33 bits per heavy atom. The maximum absolute atomic E-state index is 6.10. The van der Waals surface area contributed by atoms with Gasteiger partial charge in [-0.1, -0.05) is 35.3 Å². The molecule has 1 aromatic carbocycles. The van der Waals surface area contributed by atoms with Gasteiger partial charge in [0.2, 0.25) is 0 Å². The number of nitrogens with one attached hydrogen (secondary N) is 1. The zero-order valence-corrected chi connectivity index (χ0v) is 11.6. The molecule has 0 atom stereocenters. The first-order valence-electron chi connectivity index (χ1n) is 5.73. The molecule has 4 heteroatoms. The summed E-state index contributed by atoms with van der Waals surface area (Å²) in [6, 6.07) is 11.5. The first kappa shape index (κ1) is 13.3. The quantitative estimate of drug-likeness (QED) is 0.916. The Balaban J connectivity index is 1.97. The van der Waals surface area contributed by atoms with Gasteiger partial charge in [-0.3, -0.25) is 4.98 Å². The van der Waals surface area contributed by atoms with Gasteiger partial charge in [0.1, 0.15) is 0 Å². The van der Waals surface area contributed by atoms with Crippen molar-refractivity contribution in [3.05, 3.63) is 63.4 Å². The summed E-state index contributed by atoms with van der Waals surface area (Å²) >= 11 is 12.2. The third kappa shape index (κ3) is 3.45. The molecule has 0 saturated heterocycles. The van der Waals surface area contributed by atoms with E-state index in [9.17, 15) is 0 Å². The number of hydrogen-bond acceptors (Lipinski definition) is 2. The van der Waals surface area contributed by atoms with Crippen molar-refractivity contribution in [3.8, 4) is 0 Å². The van der Waals surface area contributed by atoms with Gasteiger partial charge in [-0.05, 0) is 31.2 Å². The lowest BCUT2D eigenvalue weighted by Crippen LogP contribution is -2.14. The Hall–Kier alpha value is -1.09. The van der Waals surface area contributed by atoms with Crippen LogP contribution in [0.1, 0.15) is 17.0 Å². The van der Waals surface area contributed by atoms with Crippen LogP contribution in [0.4, 0.5) is 0 Å². The maximum Gasteiger partial charge on any atom is 0.0544 e. The summed E-state index contributed by atoms with van der Waals surface area (Å²) in [5.41, 5.74) is 2.96. The number of aromatic nitrogens is 1. The Labute approximate surface area is 117 Å². The van der Waals surface area contributed by atoms with Gasteiger partial charge in [0.15, 0.2) is 0 Å². The van der Waals surface area contributed by atoms with Crippen LogP contribution in [0.15, 0.2) is 36.4 Å². The average molecular weight is 281 g/mol. The van der Waals surface area contributed by atoms with E-state index in [-0.39, 0.29) is 0 Å². The van der Waals surface area contributed by atoms with E-state index in [2.05, 4.69) is 10.3 Å². The number of benzene rings is 1. The number of pyridine rings is 1. The molecule has 0 fully saturated rings. The highest BCUT2D eigenvalue weighted by molar-refractivity contribution is 6.35. The lowest BCUT2D eigenvalue weighted by atomic mass is 10.2. The fraction of sp³-hybridized carbons (Fsp3) is 0.214. The molecule has 0 bridgehead atoms. The number of aryl methyl sites for hydroxylation is 1. The molecule has 0 saturated carbocycles. The molecular weight excluding hydrogens is 267 g/mol. The highest BCUT2D eigenvalue weighted by atomic mass is 35.5. The van der Waals surface area contributed by atoms with E-state index < -0.39 is 0 Å². The van der Waals surface area contributed by atoms with Crippen molar-refractivity contribution in [3.63, 3.8) is 0 Å². The van der Waals surface area contributed by atoms with E-state index in [1.54, 1.807) is 0 Å². The van der Waals surface area contributed by atoms with E-state index in [0.717, 1.165) is 17.0 Å². The smallest absolute Gasteiger partial charge is 0.0544 e. The van der Waals surface area contributed by atoms with E-state index in [1.165, 1.54) is 0 Å². The highest BCUT2D eigenvalue weighted by Gasteiger charge is 2.04. The normalized spacial score (nSPS) is 10.6. The summed E-state index contributed by atoms with van der Waals surface area (Å²) in [6.45, 7) is 3.31. The van der Waals surface area contributed by atoms with Crippen molar-refractivity contribution in [2.75, 3.05) is 0 Å². The SMILES string of the molecule is Cc1cccc(CNCc2c(Cl)cccc2Cl)n1. The van der Waals surface area contributed by atoms with Gasteiger partial charge in [-0.25, -0.2) is 0 Å². The van der Waals surface area contributed by atoms with Crippen molar-refractivity contribution >= 4 is 23.2 Å². The minimum absolute atomic E-state index is 0.633. The van der Waals surface area contributed by atoms with Crippen LogP contribution >= 0.6 is 23.2 Å². The summed E-state index contributed by atoms with van der Waals surface area (Å²) in [5.74, 6) is 0. The van der Waals surface area contributed by atoms with Crippen LogP contribution < -0.4 is 5.32 Å². The van der Waals surface area contributed by atoms with Crippen molar-refractivity contribution in [1.29, 1.82) is 0 Å². The van der Waals surface area contributed by atoms with Crippen LogP contribution in [0.2, 0.25) is 10.0 Å². The van der Waals surface area contributed by atoms with Gasteiger partial charge in [-0.2, -0.15) is 0 Å². The predicted molar refractivity (Wildman–Crippen MR) is 76.0 cm³/mol. The first-order valence-corrected chi connectivity index (χ1v) is 6.48. The van der Waals surface area contributed by atoms with Crippen molar-refractivity contribution in [1.82, 2.24) is 10.3 Å². The second kappa shape index (κ2) is 6.19. The van der Waals surface area contributed by atoms with Crippen LogP contribution in [-0.2, 0) is 13.1 Å². The summed E-state index contributed by atoms with van der Waals surface area (Å²) in [5, 5.41) is 4.67. The molecule has 1 heterocycles. The van der Waals surface area contributed by atoms with Crippen LogP contribution in [-0.4, -0.2) is 4.98 Å². The lowest BCUT2D eigenvalue weighted by Gasteiger charge is -2.08. The van der Waals surface area contributed by atoms with Gasteiger partial charge >= 0.3 is 0 Å². The highest BCUT2D eigenvalue weighted by Crippen LogP contribution is 2.23. The number of nitrogens with zero attached hydrogens (tertiary/aromatic N) is 1. The third-order valence-corrected chi connectivity index (χ3v) is 3.32. The molecular formula is C14H14Cl2N2. The first-order chi connectivity index (χ1) is 8.66. The monoisotopic (exact) mass is 280 g/mol. The van der Waals surface area contributed by atoms with E-state index in [4.69, 9.17) is 23.2 Å². The summed E-state index contributed by atoms with van der Waals surface area (Å²) in [7, 11) is 0. The fourth-order valence-electron chi connectivity index (χ4n) is 1.71. The molecule has 2 aromatic rings. The van der Waals surface area contributed by atoms with Crippen LogP contribution in [0.5, 0.6) is 0 Å². The molecule has 1 N–H and O–H groups in total. The zero-order valence-electron chi connectivity index (χ0n) is 10.1. The maximum atomic E-state index is 6.10. The van der Waals surface area contributed by atoms with Gasteiger partial charge < -0.3 is 5.32 Å². The minimum Gasteiger partial charge on any atom is -0.307 e. The van der Waals surface area contributed by atoms with Gasteiger partial charge in [0, 0.05) is 34.4 Å². The molecule has 18 heavy (non-hydrogen) atoms. The second-order valence-electron chi connectivity index (χ2n) is 4.07. The van der Waals surface area contributed by atoms with Gasteiger partial charge in [0.25, 0.3) is 0 Å². The van der Waals surface area contributed by atoms with Gasteiger partial charge in [-0.15, -0.1) is 0 Å². The third-order valence-electron chi connectivity index (χ3n) is 2.62. The van der Waals surface area contributed by atoms with Crippen LogP contribution in [0, 0.1) is 6.92 Å². The minimum atomic E-state index is 0.633. The Kier molecular flexibility index (Phi) is 4.59. The molecule has 0 amide bonds. The van der Waals surface area contributed by atoms with E-state index >= 15 is 0 Å². The molecule has 1 aromatic heterocycles. The second-order valence-corrected chi connectivity index (χ2v) is 4.89. The summed E-state index contributed by atoms with van der Waals surface area (Å²) < 4.78 is 0. The largest absolute Gasteiger partial charge is 0.307 e. The number of halogens is 2. The molecule has 0 aliphatic heterocycles. The molecule has 0 radical (unpaired) electrons. The van der Waals surface area contributed by atoms with E-state index in [0.29, 0.717) is 23.1 Å². The number of rotatable bonds is 4. The van der Waals surface area contributed by atoms with Crippen molar-refractivity contribution in [2.24, 2.45) is 0 Å². The fourth-order valence-corrected chi connectivity index (χ4v) is 2.25. The molecule has 0 aliphatic rings. The molecule has 2 nitrogen and oxygen atoms in total. The molecule has 94 valence electrons. The Morgan fingerprint density at radius 2 is 1.67 bits per heavy atom. The Morgan fingerprint density at radius 1 is 1.00 bits per heavy atom. The lowest BCUT2D eigenvalue weighted by molar-refractivity contribution is 0.678. The van der Waals surface area contributed by atoms with Crippen LogP contribution in [0.25, 0.3) is 0 Å². The summed E-state index contributed by atoms with van der Waals surface area (Å²) in [4.78, 5) is 4.42. The van der Waals surface area contributed by atoms with Crippen LogP contribution in [0.3, 0.4) is 0 Å². The molecule has 2 rings (SSSR count). The Bertz CT molecular complexity index is 521. The molecule has 0 spiro atoms. The van der Waals surface area contributed by atoms with E-state index in [1.807, 2.05) is 43.3 Å². The zero-order chi connectivity index (χ0) is 13.0. The average Bonchev–Trinajstić information content (AvgIpc) is 2.33. The predicted octanol–water partition coefficient (Wildman–Crippen LogP) is 3.99. The summed E-state index contributed by atoms with van der Waals surface area (Å²) in [6.07, 6.45) is 0. The molecule has 0 unspecified atom stereocenters. The standard InChI is InChI=1S/C14H14Cl2N2/c1-10-4-2-5-11(18-10)8-17-9-12-13(15)6-3-7-14(12)16/h2-7,17H,8-9H2,1H3. The van der Waals surface area contributed by atoms with Crippen molar-refractivity contribution in [2.45, 2.75) is 20.0 Å². The molecule has 0 aliphatic carbocycles. The topological polar surface area (TPSA) is 24.9 Å². The van der Waals surface area contributed by atoms with Crippen molar-refractivity contribution < 1.29 is 0 Å². The van der Waals surface area contributed by atoms with Gasteiger partial charge in [0.05, 0.1) is 5.69 Å².